The third-order valence-corrected chi connectivity index (χ3v) is 9.11. The summed E-state index contributed by atoms with van der Waals surface area (Å²) in [7, 11) is 0. The van der Waals surface area contributed by atoms with Gasteiger partial charge in [0.1, 0.15) is 25.9 Å². The zero-order valence-electron chi connectivity index (χ0n) is 31.7. The van der Waals surface area contributed by atoms with E-state index in [1.165, 1.54) is 167 Å². The molecule has 0 radical (unpaired) electrons. The van der Waals surface area contributed by atoms with E-state index in [0.717, 1.165) is 18.4 Å². The zero-order valence-corrected chi connectivity index (χ0v) is 31.7. The van der Waals surface area contributed by atoms with Gasteiger partial charge in [-0.3, -0.25) is 0 Å². The molecule has 0 saturated carbocycles. The first-order valence-electron chi connectivity index (χ1n) is 20.7. The monoisotopic (exact) mass is 679 g/mol. The van der Waals surface area contributed by atoms with E-state index in [1.807, 2.05) is 30.3 Å². The van der Waals surface area contributed by atoms with Crippen molar-refractivity contribution in [3.63, 3.8) is 0 Å². The van der Waals surface area contributed by atoms with Gasteiger partial charge < -0.3 is 0 Å². The van der Waals surface area contributed by atoms with Crippen LogP contribution in [-0.2, 0) is 35.9 Å². The van der Waals surface area contributed by atoms with Gasteiger partial charge in [0.15, 0.2) is 0 Å². The van der Waals surface area contributed by atoms with Crippen molar-refractivity contribution >= 4 is 0 Å². The van der Waals surface area contributed by atoms with Crippen molar-refractivity contribution in [2.45, 2.75) is 206 Å². The molecule has 1 atom stereocenters. The van der Waals surface area contributed by atoms with Gasteiger partial charge in [-0.25, -0.2) is 29.3 Å². The highest BCUT2D eigenvalue weighted by Crippen LogP contribution is 2.15. The Morgan fingerprint density at radius 3 is 1.15 bits per heavy atom. The minimum absolute atomic E-state index is 0.202. The van der Waals surface area contributed by atoms with E-state index in [-0.39, 0.29) is 13.2 Å². The van der Waals surface area contributed by atoms with Crippen LogP contribution in [0.15, 0.2) is 30.3 Å². The van der Waals surface area contributed by atoms with Crippen molar-refractivity contribution in [3.8, 4) is 0 Å². The summed E-state index contributed by atoms with van der Waals surface area (Å²) < 4.78 is 0. The lowest BCUT2D eigenvalue weighted by Crippen LogP contribution is -2.26. The molecule has 0 spiro atoms. The number of benzene rings is 1. The molecular weight excluding hydrogens is 600 g/mol. The zero-order chi connectivity index (χ0) is 34.3. The first-order valence-corrected chi connectivity index (χ1v) is 20.7. The van der Waals surface area contributed by atoms with E-state index in [9.17, 15) is 0 Å². The van der Waals surface area contributed by atoms with E-state index in [0.29, 0.717) is 19.8 Å². The number of hydrogen-bond acceptors (Lipinski definition) is 6. The van der Waals surface area contributed by atoms with Crippen LogP contribution >= 0.6 is 0 Å². The van der Waals surface area contributed by atoms with Crippen LogP contribution in [0.1, 0.15) is 199 Å². The Bertz CT molecular complexity index is 717. The molecule has 0 aromatic heterocycles. The summed E-state index contributed by atoms with van der Waals surface area (Å²) in [5, 5.41) is 0. The molecular formula is C42H78O6. The standard InChI is InChI=1S/C42H78O6/c1-3-5-7-9-11-13-15-17-19-21-23-25-27-32-36-43-46-39-42(40-47-45-38-41-34-30-29-31-35-41)48-44-37-33-28-26-24-22-20-18-16-14-12-10-8-6-4-2/h29-31,34-35,42H,3-28,32-33,36-40H2,1-2H3. The van der Waals surface area contributed by atoms with Gasteiger partial charge in [0.25, 0.3) is 0 Å². The van der Waals surface area contributed by atoms with Gasteiger partial charge in [0.05, 0.1) is 13.2 Å². The Morgan fingerprint density at radius 1 is 0.375 bits per heavy atom. The molecule has 6 nitrogen and oxygen atoms in total. The average molecular weight is 679 g/mol. The molecule has 1 rings (SSSR count). The summed E-state index contributed by atoms with van der Waals surface area (Å²) >= 11 is 0. The molecule has 0 N–H and O–H groups in total. The molecule has 0 heterocycles. The summed E-state index contributed by atoms with van der Waals surface area (Å²) in [4.78, 5) is 32.9. The number of unbranched alkanes of at least 4 members (excludes halogenated alkanes) is 26. The van der Waals surface area contributed by atoms with Crippen LogP contribution in [-0.4, -0.2) is 32.5 Å². The van der Waals surface area contributed by atoms with Gasteiger partial charge in [-0.05, 0) is 18.4 Å². The minimum Gasteiger partial charge on any atom is -0.237 e. The molecule has 0 aliphatic rings. The van der Waals surface area contributed by atoms with Crippen LogP contribution in [0.25, 0.3) is 0 Å². The van der Waals surface area contributed by atoms with Crippen LogP contribution < -0.4 is 0 Å². The highest BCUT2D eigenvalue weighted by atomic mass is 17.2. The molecule has 282 valence electrons. The molecule has 48 heavy (non-hydrogen) atoms. The minimum atomic E-state index is -0.427. The van der Waals surface area contributed by atoms with Crippen LogP contribution in [0.5, 0.6) is 0 Å². The Labute approximate surface area is 297 Å². The highest BCUT2D eigenvalue weighted by Gasteiger charge is 2.13. The molecule has 1 aromatic rings. The van der Waals surface area contributed by atoms with Gasteiger partial charge in [-0.1, -0.05) is 211 Å². The molecule has 0 fully saturated rings. The fourth-order valence-corrected chi connectivity index (χ4v) is 5.95. The van der Waals surface area contributed by atoms with Crippen LogP contribution in [0.2, 0.25) is 0 Å². The predicted molar refractivity (Wildman–Crippen MR) is 201 cm³/mol. The lowest BCUT2D eigenvalue weighted by atomic mass is 10.0. The molecule has 0 aliphatic heterocycles. The molecule has 0 amide bonds. The summed E-state index contributed by atoms with van der Waals surface area (Å²) in [5.41, 5.74) is 1.05. The van der Waals surface area contributed by atoms with E-state index < -0.39 is 6.10 Å². The van der Waals surface area contributed by atoms with Crippen LogP contribution in [0.3, 0.4) is 0 Å². The Morgan fingerprint density at radius 2 is 0.729 bits per heavy atom. The average Bonchev–Trinajstić information content (AvgIpc) is 3.11. The Hall–Kier alpha value is -1.02. The van der Waals surface area contributed by atoms with Gasteiger partial charge >= 0.3 is 0 Å². The second-order valence-electron chi connectivity index (χ2n) is 13.9. The predicted octanol–water partition coefficient (Wildman–Crippen LogP) is 13.4. The maximum absolute atomic E-state index is 5.63. The first-order chi connectivity index (χ1) is 23.9. The first kappa shape index (κ1) is 45.0. The molecule has 0 aliphatic carbocycles. The van der Waals surface area contributed by atoms with Gasteiger partial charge in [0.2, 0.25) is 0 Å². The molecule has 0 saturated heterocycles. The van der Waals surface area contributed by atoms with Crippen molar-refractivity contribution in [2.24, 2.45) is 0 Å². The normalized spacial score (nSPS) is 12.2. The fourth-order valence-electron chi connectivity index (χ4n) is 5.95. The second kappa shape index (κ2) is 38.8. The Balaban J connectivity index is 2.03. The summed E-state index contributed by atoms with van der Waals surface area (Å²) in [6, 6.07) is 9.97. The largest absolute Gasteiger partial charge is 0.237 e. The van der Waals surface area contributed by atoms with Crippen molar-refractivity contribution in [1.82, 2.24) is 0 Å². The van der Waals surface area contributed by atoms with Crippen LogP contribution in [0, 0.1) is 0 Å². The second-order valence-corrected chi connectivity index (χ2v) is 13.9. The lowest BCUT2D eigenvalue weighted by Gasteiger charge is -2.16. The quantitative estimate of drug-likeness (QED) is 0.0391. The van der Waals surface area contributed by atoms with Crippen molar-refractivity contribution in [3.05, 3.63) is 35.9 Å². The fraction of sp³-hybridized carbons (Fsp3) is 0.857. The van der Waals surface area contributed by atoms with Gasteiger partial charge in [-0.2, -0.15) is 0 Å². The molecule has 0 bridgehead atoms. The van der Waals surface area contributed by atoms with Gasteiger partial charge in [-0.15, -0.1) is 0 Å². The van der Waals surface area contributed by atoms with Crippen molar-refractivity contribution in [1.29, 1.82) is 0 Å². The van der Waals surface area contributed by atoms with E-state index in [2.05, 4.69) is 13.8 Å². The highest BCUT2D eigenvalue weighted by molar-refractivity contribution is 5.13. The maximum atomic E-state index is 5.63. The van der Waals surface area contributed by atoms with Gasteiger partial charge in [0, 0.05) is 0 Å². The third kappa shape index (κ3) is 33.5. The van der Waals surface area contributed by atoms with E-state index in [1.54, 1.807) is 0 Å². The number of rotatable bonds is 40. The molecule has 1 aromatic carbocycles. The van der Waals surface area contributed by atoms with Crippen molar-refractivity contribution < 1.29 is 29.3 Å². The number of hydrogen-bond donors (Lipinski definition) is 0. The topological polar surface area (TPSA) is 55.4 Å². The molecule has 1 unspecified atom stereocenters. The summed E-state index contributed by atoms with van der Waals surface area (Å²) in [5.74, 6) is 0. The van der Waals surface area contributed by atoms with E-state index >= 15 is 0 Å². The van der Waals surface area contributed by atoms with E-state index in [4.69, 9.17) is 29.3 Å². The SMILES string of the molecule is CCCCCCCCCCCCCCCCOOCC(COOCc1ccccc1)OOCCCCCCCCCCCCCCCC. The summed E-state index contributed by atoms with van der Waals surface area (Å²) in [6.07, 6.45) is 37.1. The molecule has 6 heteroatoms. The van der Waals surface area contributed by atoms with Crippen molar-refractivity contribution in [2.75, 3.05) is 26.4 Å². The summed E-state index contributed by atoms with van der Waals surface area (Å²) in [6.45, 7) is 6.54. The third-order valence-electron chi connectivity index (χ3n) is 9.11. The Kier molecular flexibility index (Phi) is 36.4. The smallest absolute Gasteiger partial charge is 0.146 e. The lowest BCUT2D eigenvalue weighted by molar-refractivity contribution is -0.395. The van der Waals surface area contributed by atoms with Crippen LogP contribution in [0.4, 0.5) is 0 Å². The maximum Gasteiger partial charge on any atom is 0.146 e.